The molecule has 214 valence electrons. The number of pyridine rings is 2. The summed E-state index contributed by atoms with van der Waals surface area (Å²) in [6.07, 6.45) is 7.56. The Balaban J connectivity index is 1.32. The first kappa shape index (κ1) is 27.5. The number of rotatable bonds is 5. The molecule has 40 heavy (non-hydrogen) atoms. The van der Waals surface area contributed by atoms with E-state index in [1.807, 2.05) is 16.5 Å². The number of hydrogen-bond donors (Lipinski definition) is 2. The molecule has 2 aliphatic rings. The van der Waals surface area contributed by atoms with E-state index in [9.17, 15) is 23.4 Å². The average molecular weight is 575 g/mol. The van der Waals surface area contributed by atoms with E-state index in [1.165, 1.54) is 18.9 Å². The third-order valence-electron chi connectivity index (χ3n) is 9.08. The van der Waals surface area contributed by atoms with Crippen molar-refractivity contribution in [3.05, 3.63) is 70.8 Å². The number of halogens is 4. The standard InChI is InChI=1S/C30H34ClF3N4O2/c31-23-10-11-24-26(36-17-38(24)27(23)29(40)18-6-2-1-3-7-18)19-8-4-5-9-20(12-19)28(39)25-14-21(30(32,33)34)13-22-15-35-16-37(22)25/h10-11,13-20,28-29,39-40H,1-9,12H2. The van der Waals surface area contributed by atoms with E-state index >= 15 is 0 Å². The van der Waals surface area contributed by atoms with Crippen molar-refractivity contribution in [2.75, 3.05) is 0 Å². The van der Waals surface area contributed by atoms with E-state index in [2.05, 4.69) is 4.98 Å². The summed E-state index contributed by atoms with van der Waals surface area (Å²) < 4.78 is 44.4. The zero-order valence-corrected chi connectivity index (χ0v) is 23.0. The van der Waals surface area contributed by atoms with Crippen molar-refractivity contribution in [3.8, 4) is 0 Å². The van der Waals surface area contributed by atoms with E-state index in [0.717, 1.165) is 68.3 Å². The lowest BCUT2D eigenvalue weighted by atomic mass is 9.84. The Kier molecular flexibility index (Phi) is 7.57. The highest BCUT2D eigenvalue weighted by molar-refractivity contribution is 6.31. The van der Waals surface area contributed by atoms with Gasteiger partial charge in [0.1, 0.15) is 0 Å². The molecule has 2 aliphatic carbocycles. The Morgan fingerprint density at radius 3 is 2.38 bits per heavy atom. The Hall–Kier alpha value is -2.62. The fourth-order valence-corrected chi connectivity index (χ4v) is 7.24. The van der Waals surface area contributed by atoms with Crippen molar-refractivity contribution in [2.24, 2.45) is 11.8 Å². The molecule has 0 saturated heterocycles. The van der Waals surface area contributed by atoms with Gasteiger partial charge in [0.2, 0.25) is 0 Å². The van der Waals surface area contributed by atoms with Crippen LogP contribution in [0.1, 0.15) is 105 Å². The molecule has 0 spiro atoms. The van der Waals surface area contributed by atoms with Crippen LogP contribution in [0.2, 0.25) is 5.02 Å². The van der Waals surface area contributed by atoms with Gasteiger partial charge in [-0.15, -0.1) is 0 Å². The maximum Gasteiger partial charge on any atom is 0.416 e. The average Bonchev–Trinajstić information content (AvgIpc) is 3.52. The monoisotopic (exact) mass is 574 g/mol. The minimum Gasteiger partial charge on any atom is -0.387 e. The van der Waals surface area contributed by atoms with Crippen LogP contribution in [-0.2, 0) is 6.18 Å². The van der Waals surface area contributed by atoms with Crippen molar-refractivity contribution in [3.63, 3.8) is 0 Å². The van der Waals surface area contributed by atoms with Crippen LogP contribution in [0.4, 0.5) is 13.2 Å². The van der Waals surface area contributed by atoms with Gasteiger partial charge < -0.3 is 14.6 Å². The number of aliphatic hydroxyl groups is 2. The topological polar surface area (TPSA) is 75.1 Å². The molecule has 0 aliphatic heterocycles. The zero-order chi connectivity index (χ0) is 28.0. The van der Waals surface area contributed by atoms with Crippen LogP contribution in [0.15, 0.2) is 43.1 Å². The van der Waals surface area contributed by atoms with Crippen molar-refractivity contribution >= 4 is 22.6 Å². The van der Waals surface area contributed by atoms with E-state index < -0.39 is 23.9 Å². The second-order valence-electron chi connectivity index (χ2n) is 11.6. The van der Waals surface area contributed by atoms with Crippen LogP contribution in [-0.4, -0.2) is 29.0 Å². The summed E-state index contributed by atoms with van der Waals surface area (Å²) in [5.74, 6) is -0.0809. The quantitative estimate of drug-likeness (QED) is 0.240. The van der Waals surface area contributed by atoms with Crippen LogP contribution in [0, 0.1) is 11.8 Å². The highest BCUT2D eigenvalue weighted by atomic mass is 35.5. The number of imidazole rings is 2. The second-order valence-corrected chi connectivity index (χ2v) is 12.0. The van der Waals surface area contributed by atoms with Gasteiger partial charge in [-0.2, -0.15) is 13.2 Å². The predicted octanol–water partition coefficient (Wildman–Crippen LogP) is 7.67. The van der Waals surface area contributed by atoms with E-state index in [-0.39, 0.29) is 23.4 Å². The van der Waals surface area contributed by atoms with Crippen LogP contribution in [0.5, 0.6) is 0 Å². The molecule has 2 N–H and O–H groups in total. The molecule has 2 saturated carbocycles. The summed E-state index contributed by atoms with van der Waals surface area (Å²) in [6, 6.07) is 5.86. The number of aliphatic hydroxyl groups excluding tert-OH is 2. The maximum absolute atomic E-state index is 13.7. The molecule has 4 unspecified atom stereocenters. The SMILES string of the molecule is OC(c1cc(C(F)(F)F)cc2cncn12)C1CCCCC(c2ncn3c(C(O)C4CCCCC4)c(Cl)ccc23)C1. The molecular formula is C30H34ClF3N4O2. The lowest BCUT2D eigenvalue weighted by molar-refractivity contribution is -0.137. The largest absolute Gasteiger partial charge is 0.416 e. The van der Waals surface area contributed by atoms with E-state index in [1.54, 1.807) is 10.7 Å². The fourth-order valence-electron chi connectivity index (χ4n) is 6.98. The van der Waals surface area contributed by atoms with Crippen LogP contribution >= 0.6 is 11.6 Å². The van der Waals surface area contributed by atoms with Gasteiger partial charge in [-0.05, 0) is 68.2 Å². The lowest BCUT2D eigenvalue weighted by Crippen LogP contribution is -2.19. The molecule has 0 bridgehead atoms. The highest BCUT2D eigenvalue weighted by Crippen LogP contribution is 2.43. The number of alkyl halides is 3. The van der Waals surface area contributed by atoms with Crippen molar-refractivity contribution in [2.45, 2.75) is 88.5 Å². The second kappa shape index (κ2) is 11.0. The number of hydrogen-bond acceptors (Lipinski definition) is 4. The highest BCUT2D eigenvalue weighted by Gasteiger charge is 2.35. The van der Waals surface area contributed by atoms with Gasteiger partial charge in [-0.25, -0.2) is 9.97 Å². The Morgan fingerprint density at radius 1 is 0.875 bits per heavy atom. The van der Waals surface area contributed by atoms with Crippen LogP contribution in [0.25, 0.3) is 11.0 Å². The molecule has 4 aromatic heterocycles. The molecule has 6 rings (SSSR count). The predicted molar refractivity (Wildman–Crippen MR) is 146 cm³/mol. The van der Waals surface area contributed by atoms with Gasteiger partial charge in [0.05, 0.1) is 69.8 Å². The Morgan fingerprint density at radius 2 is 1.60 bits per heavy atom. The maximum atomic E-state index is 13.7. The molecule has 0 amide bonds. The minimum atomic E-state index is -4.52. The van der Waals surface area contributed by atoms with Crippen molar-refractivity contribution < 1.29 is 23.4 Å². The molecule has 0 radical (unpaired) electrons. The van der Waals surface area contributed by atoms with Crippen molar-refractivity contribution in [1.29, 1.82) is 0 Å². The normalized spacial score (nSPS) is 22.9. The smallest absolute Gasteiger partial charge is 0.387 e. The van der Waals surface area contributed by atoms with Crippen molar-refractivity contribution in [1.82, 2.24) is 18.8 Å². The summed E-state index contributed by atoms with van der Waals surface area (Å²) in [6.45, 7) is 0. The molecule has 2 fully saturated rings. The van der Waals surface area contributed by atoms with Gasteiger partial charge in [0.15, 0.2) is 0 Å². The first-order chi connectivity index (χ1) is 19.2. The lowest BCUT2D eigenvalue weighted by Gasteiger charge is -2.28. The Bertz CT molecular complexity index is 1490. The molecule has 4 atom stereocenters. The summed E-state index contributed by atoms with van der Waals surface area (Å²) in [7, 11) is 0. The summed E-state index contributed by atoms with van der Waals surface area (Å²) in [5.41, 5.74) is 2.14. The van der Waals surface area contributed by atoms with E-state index in [0.29, 0.717) is 29.1 Å². The van der Waals surface area contributed by atoms with Gasteiger partial charge in [-0.3, -0.25) is 4.40 Å². The minimum absolute atomic E-state index is 0.0112. The van der Waals surface area contributed by atoms with Gasteiger partial charge in [-0.1, -0.05) is 43.7 Å². The molecule has 0 aromatic carbocycles. The zero-order valence-electron chi connectivity index (χ0n) is 22.2. The van der Waals surface area contributed by atoms with Crippen LogP contribution < -0.4 is 0 Å². The van der Waals surface area contributed by atoms with E-state index in [4.69, 9.17) is 16.6 Å². The summed E-state index contributed by atoms with van der Waals surface area (Å²) >= 11 is 6.62. The third kappa shape index (κ3) is 5.12. The fraction of sp³-hybridized carbons (Fsp3) is 0.533. The molecule has 6 nitrogen and oxygen atoms in total. The van der Waals surface area contributed by atoms with Gasteiger partial charge >= 0.3 is 6.18 Å². The molecule has 4 heterocycles. The first-order valence-corrected chi connectivity index (χ1v) is 14.6. The molecular weight excluding hydrogens is 541 g/mol. The first-order valence-electron chi connectivity index (χ1n) is 14.3. The number of fused-ring (bicyclic) bond motifs is 2. The third-order valence-corrected chi connectivity index (χ3v) is 9.40. The van der Waals surface area contributed by atoms with Gasteiger partial charge in [0.25, 0.3) is 0 Å². The molecule has 10 heteroatoms. The van der Waals surface area contributed by atoms with Crippen LogP contribution in [0.3, 0.4) is 0 Å². The number of aromatic nitrogens is 4. The Labute approximate surface area is 235 Å². The van der Waals surface area contributed by atoms with Gasteiger partial charge in [0, 0.05) is 5.92 Å². The summed E-state index contributed by atoms with van der Waals surface area (Å²) in [5, 5.41) is 23.3. The summed E-state index contributed by atoms with van der Waals surface area (Å²) in [4.78, 5) is 8.82. The molecule has 4 aromatic rings. The number of nitrogens with zero attached hydrogens (tertiary/aromatic N) is 4.